The molecule has 0 spiro atoms. The van der Waals surface area contributed by atoms with E-state index in [1.165, 1.54) is 30.5 Å². The predicted octanol–water partition coefficient (Wildman–Crippen LogP) is 2.53. The van der Waals surface area contributed by atoms with E-state index in [-0.39, 0.29) is 16.8 Å². The number of hydrogen-bond donors (Lipinski definition) is 1. The van der Waals surface area contributed by atoms with Crippen LogP contribution in [0, 0.1) is 0 Å². The highest BCUT2D eigenvalue weighted by molar-refractivity contribution is 7.90. The number of rotatable bonds is 7. The van der Waals surface area contributed by atoms with Gasteiger partial charge < -0.3 is 5.32 Å². The molecule has 3 rings (SSSR count). The van der Waals surface area contributed by atoms with Crippen molar-refractivity contribution in [2.75, 3.05) is 25.9 Å². The standard InChI is InChI=1S/C21H26N2O3S/c1-27(25,26)20-11-7-10-18(15-20)21(24)22-16-19(23-12-5-6-13-23)14-17-8-3-2-4-9-17/h2-4,7-11,15,19H,5-6,12-14,16H2,1H3,(H,22,24). The summed E-state index contributed by atoms with van der Waals surface area (Å²) in [5.41, 5.74) is 1.63. The van der Waals surface area contributed by atoms with E-state index in [0.29, 0.717) is 12.1 Å². The topological polar surface area (TPSA) is 66.5 Å². The molecule has 27 heavy (non-hydrogen) atoms. The summed E-state index contributed by atoms with van der Waals surface area (Å²) in [6.07, 6.45) is 4.41. The molecule has 1 saturated heterocycles. The number of sulfone groups is 1. The normalized spacial score (nSPS) is 16.2. The number of nitrogens with one attached hydrogen (secondary N) is 1. The molecule has 2 aromatic carbocycles. The fourth-order valence-corrected chi connectivity index (χ4v) is 4.17. The Labute approximate surface area is 161 Å². The molecule has 1 amide bonds. The molecule has 1 aliphatic heterocycles. The Morgan fingerprint density at radius 3 is 2.44 bits per heavy atom. The molecule has 1 N–H and O–H groups in total. The van der Waals surface area contributed by atoms with E-state index in [0.717, 1.165) is 25.8 Å². The third-order valence-electron chi connectivity index (χ3n) is 4.99. The second kappa shape index (κ2) is 8.67. The fraction of sp³-hybridized carbons (Fsp3) is 0.381. The average Bonchev–Trinajstić information content (AvgIpc) is 3.20. The SMILES string of the molecule is CS(=O)(=O)c1cccc(C(=O)NCC(Cc2ccccc2)N2CCCC2)c1. The summed E-state index contributed by atoms with van der Waals surface area (Å²) in [7, 11) is -3.33. The number of likely N-dealkylation sites (tertiary alicyclic amines) is 1. The van der Waals surface area contributed by atoms with Crippen LogP contribution in [0.1, 0.15) is 28.8 Å². The fourth-order valence-electron chi connectivity index (χ4n) is 3.50. The molecular formula is C21H26N2O3S. The van der Waals surface area contributed by atoms with Crippen molar-refractivity contribution in [3.05, 3.63) is 65.7 Å². The second-order valence-corrected chi connectivity index (χ2v) is 9.11. The predicted molar refractivity (Wildman–Crippen MR) is 107 cm³/mol. The summed E-state index contributed by atoms with van der Waals surface area (Å²) in [4.78, 5) is 15.2. The number of hydrogen-bond acceptors (Lipinski definition) is 4. The first-order chi connectivity index (χ1) is 12.9. The quantitative estimate of drug-likeness (QED) is 0.794. The molecule has 144 valence electrons. The molecular weight excluding hydrogens is 360 g/mol. The van der Waals surface area contributed by atoms with Gasteiger partial charge >= 0.3 is 0 Å². The third kappa shape index (κ3) is 5.40. The zero-order chi connectivity index (χ0) is 19.3. The van der Waals surface area contributed by atoms with Crippen LogP contribution in [0.25, 0.3) is 0 Å². The van der Waals surface area contributed by atoms with E-state index in [1.807, 2.05) is 18.2 Å². The van der Waals surface area contributed by atoms with Crippen LogP contribution >= 0.6 is 0 Å². The van der Waals surface area contributed by atoms with Crippen LogP contribution in [-0.4, -0.2) is 51.2 Å². The highest BCUT2D eigenvalue weighted by atomic mass is 32.2. The first-order valence-electron chi connectivity index (χ1n) is 9.30. The van der Waals surface area contributed by atoms with Crippen LogP contribution in [0.3, 0.4) is 0 Å². The molecule has 2 aromatic rings. The molecule has 1 heterocycles. The van der Waals surface area contributed by atoms with Crippen molar-refractivity contribution in [3.8, 4) is 0 Å². The molecule has 5 nitrogen and oxygen atoms in total. The maximum Gasteiger partial charge on any atom is 0.251 e. The molecule has 6 heteroatoms. The summed E-state index contributed by atoms with van der Waals surface area (Å²) in [5.74, 6) is -0.238. The largest absolute Gasteiger partial charge is 0.350 e. The van der Waals surface area contributed by atoms with Crippen LogP contribution in [0.4, 0.5) is 0 Å². The number of amides is 1. The second-order valence-electron chi connectivity index (χ2n) is 7.10. The van der Waals surface area contributed by atoms with Gasteiger partial charge in [-0.3, -0.25) is 9.69 Å². The lowest BCUT2D eigenvalue weighted by molar-refractivity contribution is 0.0937. The van der Waals surface area contributed by atoms with Crippen molar-refractivity contribution < 1.29 is 13.2 Å². The van der Waals surface area contributed by atoms with Crippen molar-refractivity contribution >= 4 is 15.7 Å². The lowest BCUT2D eigenvalue weighted by Gasteiger charge is -2.28. The van der Waals surface area contributed by atoms with E-state index < -0.39 is 9.84 Å². The van der Waals surface area contributed by atoms with Gasteiger partial charge in [-0.05, 0) is 56.1 Å². The summed E-state index contributed by atoms with van der Waals surface area (Å²) < 4.78 is 23.4. The summed E-state index contributed by atoms with van der Waals surface area (Å²) >= 11 is 0. The molecule has 1 unspecified atom stereocenters. The van der Waals surface area contributed by atoms with Gasteiger partial charge in [-0.2, -0.15) is 0 Å². The molecule has 0 aromatic heterocycles. The maximum atomic E-state index is 12.6. The average molecular weight is 387 g/mol. The highest BCUT2D eigenvalue weighted by Gasteiger charge is 2.23. The smallest absolute Gasteiger partial charge is 0.251 e. The minimum Gasteiger partial charge on any atom is -0.350 e. The third-order valence-corrected chi connectivity index (χ3v) is 6.10. The van der Waals surface area contributed by atoms with Crippen molar-refractivity contribution in [1.29, 1.82) is 0 Å². The van der Waals surface area contributed by atoms with Gasteiger partial charge in [-0.15, -0.1) is 0 Å². The first-order valence-corrected chi connectivity index (χ1v) is 11.2. The molecule has 0 bridgehead atoms. The molecule has 0 radical (unpaired) electrons. The monoisotopic (exact) mass is 386 g/mol. The Morgan fingerprint density at radius 2 is 1.78 bits per heavy atom. The van der Waals surface area contributed by atoms with E-state index in [2.05, 4.69) is 22.3 Å². The highest BCUT2D eigenvalue weighted by Crippen LogP contribution is 2.16. The van der Waals surface area contributed by atoms with Gasteiger partial charge in [-0.25, -0.2) is 8.42 Å². The Kier molecular flexibility index (Phi) is 6.29. The summed E-state index contributed by atoms with van der Waals surface area (Å²) in [6, 6.07) is 16.7. The van der Waals surface area contributed by atoms with Gasteiger partial charge in [0, 0.05) is 24.4 Å². The van der Waals surface area contributed by atoms with Gasteiger partial charge in [0.2, 0.25) is 0 Å². The van der Waals surface area contributed by atoms with Gasteiger partial charge in [-0.1, -0.05) is 36.4 Å². The van der Waals surface area contributed by atoms with E-state index in [9.17, 15) is 13.2 Å². The van der Waals surface area contributed by atoms with Gasteiger partial charge in [0.15, 0.2) is 9.84 Å². The minimum absolute atomic E-state index is 0.163. The van der Waals surface area contributed by atoms with Gasteiger partial charge in [0.1, 0.15) is 0 Å². The molecule has 1 atom stereocenters. The Balaban J connectivity index is 1.68. The van der Waals surface area contributed by atoms with Gasteiger partial charge in [0.25, 0.3) is 5.91 Å². The van der Waals surface area contributed by atoms with Gasteiger partial charge in [0.05, 0.1) is 4.90 Å². The minimum atomic E-state index is -3.33. The number of carbonyl (C=O) groups is 1. The summed E-state index contributed by atoms with van der Waals surface area (Å²) in [5, 5.41) is 3.00. The number of benzene rings is 2. The van der Waals surface area contributed by atoms with Crippen molar-refractivity contribution in [1.82, 2.24) is 10.2 Å². The zero-order valence-corrected chi connectivity index (χ0v) is 16.4. The summed E-state index contributed by atoms with van der Waals surface area (Å²) in [6.45, 7) is 2.64. The first kappa shape index (κ1) is 19.6. The van der Waals surface area contributed by atoms with Crippen LogP contribution in [0.15, 0.2) is 59.5 Å². The zero-order valence-electron chi connectivity index (χ0n) is 15.6. The molecule has 0 aliphatic carbocycles. The maximum absolute atomic E-state index is 12.6. The Bertz CT molecular complexity index is 875. The molecule has 1 aliphatic rings. The molecule has 0 saturated carbocycles. The Hall–Kier alpha value is -2.18. The Morgan fingerprint density at radius 1 is 1.07 bits per heavy atom. The van der Waals surface area contributed by atoms with Crippen molar-refractivity contribution in [2.45, 2.75) is 30.2 Å². The van der Waals surface area contributed by atoms with Crippen LogP contribution in [0.5, 0.6) is 0 Å². The van der Waals surface area contributed by atoms with Crippen molar-refractivity contribution in [2.24, 2.45) is 0 Å². The van der Waals surface area contributed by atoms with E-state index in [1.54, 1.807) is 12.1 Å². The van der Waals surface area contributed by atoms with E-state index in [4.69, 9.17) is 0 Å². The van der Waals surface area contributed by atoms with E-state index >= 15 is 0 Å². The molecule has 1 fully saturated rings. The number of carbonyl (C=O) groups excluding carboxylic acids is 1. The van der Waals surface area contributed by atoms with Crippen molar-refractivity contribution in [3.63, 3.8) is 0 Å². The number of nitrogens with zero attached hydrogens (tertiary/aromatic N) is 1. The van der Waals surface area contributed by atoms with Crippen LogP contribution < -0.4 is 5.32 Å². The lowest BCUT2D eigenvalue weighted by Crippen LogP contribution is -2.44. The van der Waals surface area contributed by atoms with Crippen LogP contribution in [-0.2, 0) is 16.3 Å². The van der Waals surface area contributed by atoms with Crippen LogP contribution in [0.2, 0.25) is 0 Å². The lowest BCUT2D eigenvalue weighted by atomic mass is 10.0.